The van der Waals surface area contributed by atoms with Crippen molar-refractivity contribution in [2.75, 3.05) is 34.4 Å². The van der Waals surface area contributed by atoms with E-state index in [-0.39, 0.29) is 43.5 Å². The predicted molar refractivity (Wildman–Crippen MR) is 105 cm³/mol. The van der Waals surface area contributed by atoms with Crippen LogP contribution in [0.2, 0.25) is 0 Å². The molecular weight excluding hydrogens is 362 g/mol. The largest absolute Gasteiger partial charge is 0.497 e. The van der Waals surface area contributed by atoms with Crippen LogP contribution >= 0.6 is 0 Å². The van der Waals surface area contributed by atoms with Gasteiger partial charge in [-0.2, -0.15) is 0 Å². The number of amides is 2. The Balaban J connectivity index is 1.76. The van der Waals surface area contributed by atoms with Crippen molar-refractivity contribution >= 4 is 11.8 Å². The van der Waals surface area contributed by atoms with Crippen LogP contribution in [0, 0.1) is 0 Å². The van der Waals surface area contributed by atoms with Gasteiger partial charge in [-0.1, -0.05) is 12.1 Å². The number of ether oxygens (including phenoxy) is 2. The van der Waals surface area contributed by atoms with Crippen molar-refractivity contribution in [3.63, 3.8) is 0 Å². The van der Waals surface area contributed by atoms with E-state index in [0.29, 0.717) is 19.4 Å². The van der Waals surface area contributed by atoms with Gasteiger partial charge in [0.05, 0.1) is 38.8 Å². The fourth-order valence-electron chi connectivity index (χ4n) is 3.21. The fourth-order valence-corrected chi connectivity index (χ4v) is 3.21. The first-order valence-corrected chi connectivity index (χ1v) is 9.51. The highest BCUT2D eigenvalue weighted by atomic mass is 16.5. The number of aliphatic hydroxyl groups is 1. The Morgan fingerprint density at radius 3 is 2.54 bits per heavy atom. The molecule has 2 rings (SSSR count). The second kappa shape index (κ2) is 11.0. The topological polar surface area (TPSA) is 100 Å². The Morgan fingerprint density at radius 1 is 1.21 bits per heavy atom. The Kier molecular flexibility index (Phi) is 8.69. The molecule has 1 aromatic carbocycles. The van der Waals surface area contributed by atoms with E-state index >= 15 is 0 Å². The van der Waals surface area contributed by atoms with Crippen LogP contribution in [0.3, 0.4) is 0 Å². The predicted octanol–water partition coefficient (Wildman–Crippen LogP) is 0.288. The molecular formula is C20H31N3O5. The molecule has 8 nitrogen and oxygen atoms in total. The number of methoxy groups -OCH3 is 1. The minimum Gasteiger partial charge on any atom is -0.497 e. The molecule has 1 aromatic rings. The molecule has 0 saturated carbocycles. The van der Waals surface area contributed by atoms with Gasteiger partial charge < -0.3 is 30.1 Å². The molecule has 0 aromatic heterocycles. The lowest BCUT2D eigenvalue weighted by molar-refractivity contribution is -0.136. The van der Waals surface area contributed by atoms with E-state index in [4.69, 9.17) is 9.47 Å². The van der Waals surface area contributed by atoms with Gasteiger partial charge in [-0.25, -0.2) is 0 Å². The maximum Gasteiger partial charge on any atom is 0.234 e. The number of hydrogen-bond acceptors (Lipinski definition) is 6. The highest BCUT2D eigenvalue weighted by Crippen LogP contribution is 2.22. The zero-order valence-corrected chi connectivity index (χ0v) is 16.8. The summed E-state index contributed by atoms with van der Waals surface area (Å²) in [7, 11) is 5.25. The summed E-state index contributed by atoms with van der Waals surface area (Å²) >= 11 is 0. The number of nitrogens with zero attached hydrogens (tertiary/aromatic N) is 1. The number of hydrogen-bond donors (Lipinski definition) is 3. The maximum atomic E-state index is 12.2. The van der Waals surface area contributed by atoms with Gasteiger partial charge in [0.2, 0.25) is 11.8 Å². The molecule has 3 atom stereocenters. The SMILES string of the molecule is COc1ccc(CNC(=O)C[C@H]2CC[C@H](NC(=O)CN(C)C)[C@@H](CO)O2)cc1. The first-order valence-electron chi connectivity index (χ1n) is 9.51. The van der Waals surface area contributed by atoms with E-state index in [1.54, 1.807) is 12.0 Å². The zero-order valence-electron chi connectivity index (χ0n) is 16.8. The Bertz CT molecular complexity index is 635. The van der Waals surface area contributed by atoms with Crippen LogP contribution in [0.15, 0.2) is 24.3 Å². The lowest BCUT2D eigenvalue weighted by Gasteiger charge is -2.36. The van der Waals surface area contributed by atoms with E-state index in [1.807, 2.05) is 38.4 Å². The van der Waals surface area contributed by atoms with Crippen molar-refractivity contribution in [2.24, 2.45) is 0 Å². The number of rotatable bonds is 9. The molecule has 0 spiro atoms. The highest BCUT2D eigenvalue weighted by molar-refractivity contribution is 5.78. The molecule has 0 unspecified atom stereocenters. The standard InChI is InChI=1S/C20H31N3O5/c1-23(2)12-20(26)22-17-9-8-16(28-18(17)13-24)10-19(25)21-11-14-4-6-15(27-3)7-5-14/h4-7,16-18,24H,8-13H2,1-3H3,(H,21,25)(H,22,26)/t16-,17+,18-/m1/s1. The van der Waals surface area contributed by atoms with E-state index in [0.717, 1.165) is 11.3 Å². The van der Waals surface area contributed by atoms with Gasteiger partial charge in [0.15, 0.2) is 0 Å². The molecule has 28 heavy (non-hydrogen) atoms. The second-order valence-electron chi connectivity index (χ2n) is 7.30. The Morgan fingerprint density at radius 2 is 1.93 bits per heavy atom. The number of benzene rings is 1. The third-order valence-corrected chi connectivity index (χ3v) is 4.66. The summed E-state index contributed by atoms with van der Waals surface area (Å²) in [6.45, 7) is 0.519. The highest BCUT2D eigenvalue weighted by Gasteiger charge is 2.32. The van der Waals surface area contributed by atoms with Gasteiger partial charge >= 0.3 is 0 Å². The molecule has 1 aliphatic heterocycles. The van der Waals surface area contributed by atoms with Crippen LogP contribution in [-0.2, 0) is 20.9 Å². The average molecular weight is 393 g/mol. The minimum absolute atomic E-state index is 0.104. The summed E-state index contributed by atoms with van der Waals surface area (Å²) in [5.74, 6) is 0.563. The summed E-state index contributed by atoms with van der Waals surface area (Å²) in [5, 5.41) is 15.4. The first-order chi connectivity index (χ1) is 13.4. The molecule has 0 aliphatic carbocycles. The van der Waals surface area contributed by atoms with Gasteiger partial charge in [-0.05, 0) is 44.6 Å². The smallest absolute Gasteiger partial charge is 0.234 e. The van der Waals surface area contributed by atoms with E-state index in [1.165, 1.54) is 0 Å². The molecule has 1 fully saturated rings. The molecule has 0 bridgehead atoms. The Labute approximate surface area is 166 Å². The normalized spacial score (nSPS) is 22.0. The Hall–Kier alpha value is -2.16. The number of likely N-dealkylation sites (N-methyl/N-ethyl adjacent to an activating group) is 1. The van der Waals surface area contributed by atoms with E-state index in [2.05, 4.69) is 10.6 Å². The number of carbonyl (C=O) groups is 2. The minimum atomic E-state index is -0.501. The van der Waals surface area contributed by atoms with Crippen LogP contribution in [0.25, 0.3) is 0 Å². The fraction of sp³-hybridized carbons (Fsp3) is 0.600. The summed E-state index contributed by atoms with van der Waals surface area (Å²) in [4.78, 5) is 26.0. The van der Waals surface area contributed by atoms with Crippen molar-refractivity contribution < 1.29 is 24.2 Å². The van der Waals surface area contributed by atoms with Crippen LogP contribution in [0.4, 0.5) is 0 Å². The third kappa shape index (κ3) is 7.10. The van der Waals surface area contributed by atoms with Gasteiger partial charge in [0, 0.05) is 6.54 Å². The molecule has 156 valence electrons. The molecule has 8 heteroatoms. The van der Waals surface area contributed by atoms with Crippen molar-refractivity contribution in [1.29, 1.82) is 0 Å². The number of aliphatic hydroxyl groups excluding tert-OH is 1. The van der Waals surface area contributed by atoms with Gasteiger partial charge in [0.1, 0.15) is 11.9 Å². The summed E-state index contributed by atoms with van der Waals surface area (Å²) < 4.78 is 11.0. The van der Waals surface area contributed by atoms with E-state index in [9.17, 15) is 14.7 Å². The summed E-state index contributed by atoms with van der Waals surface area (Å²) in [5.41, 5.74) is 0.982. The number of carbonyl (C=O) groups excluding carboxylic acids is 2. The van der Waals surface area contributed by atoms with E-state index < -0.39 is 6.10 Å². The lowest BCUT2D eigenvalue weighted by Crippen LogP contribution is -2.52. The van der Waals surface area contributed by atoms with Crippen molar-refractivity contribution in [1.82, 2.24) is 15.5 Å². The summed E-state index contributed by atoms with van der Waals surface area (Å²) in [6, 6.07) is 7.26. The molecule has 1 heterocycles. The van der Waals surface area contributed by atoms with Gasteiger partial charge in [-0.15, -0.1) is 0 Å². The van der Waals surface area contributed by atoms with Crippen LogP contribution in [0.5, 0.6) is 5.75 Å². The van der Waals surface area contributed by atoms with Crippen LogP contribution in [-0.4, -0.2) is 74.4 Å². The van der Waals surface area contributed by atoms with Crippen molar-refractivity contribution in [3.8, 4) is 5.75 Å². The molecule has 0 radical (unpaired) electrons. The summed E-state index contributed by atoms with van der Waals surface area (Å²) in [6.07, 6.45) is 0.778. The van der Waals surface area contributed by atoms with Gasteiger partial charge in [0.25, 0.3) is 0 Å². The third-order valence-electron chi connectivity index (χ3n) is 4.66. The van der Waals surface area contributed by atoms with Crippen molar-refractivity contribution in [3.05, 3.63) is 29.8 Å². The molecule has 3 N–H and O–H groups in total. The first kappa shape index (κ1) is 22.1. The average Bonchev–Trinajstić information content (AvgIpc) is 2.67. The maximum absolute atomic E-state index is 12.2. The monoisotopic (exact) mass is 393 g/mol. The zero-order chi connectivity index (χ0) is 20.5. The van der Waals surface area contributed by atoms with Crippen molar-refractivity contribution in [2.45, 2.75) is 44.1 Å². The quantitative estimate of drug-likeness (QED) is 0.558. The second-order valence-corrected chi connectivity index (χ2v) is 7.30. The molecule has 2 amide bonds. The molecule has 1 saturated heterocycles. The van der Waals surface area contributed by atoms with Gasteiger partial charge in [-0.3, -0.25) is 9.59 Å². The lowest BCUT2D eigenvalue weighted by atomic mass is 9.97. The molecule has 1 aliphatic rings. The van der Waals surface area contributed by atoms with Crippen LogP contribution < -0.4 is 15.4 Å². The number of nitrogens with one attached hydrogen (secondary N) is 2. The van der Waals surface area contributed by atoms with Crippen LogP contribution in [0.1, 0.15) is 24.8 Å².